The van der Waals surface area contributed by atoms with Gasteiger partial charge in [-0.3, -0.25) is 0 Å². The number of benzene rings is 2. The quantitative estimate of drug-likeness (QED) is 0.602. The topological polar surface area (TPSA) is 68.9 Å². The number of hydrogen-bond acceptors (Lipinski definition) is 3. The molecular weight excluding hydrogens is 326 g/mol. The van der Waals surface area contributed by atoms with E-state index < -0.39 is 0 Å². The van der Waals surface area contributed by atoms with E-state index in [4.69, 9.17) is 15.2 Å². The Morgan fingerprint density at radius 1 is 1.19 bits per heavy atom. The molecule has 1 fully saturated rings. The minimum atomic E-state index is 0.326. The van der Waals surface area contributed by atoms with Gasteiger partial charge in [0.05, 0.1) is 19.8 Å². The van der Waals surface area contributed by atoms with Gasteiger partial charge in [-0.1, -0.05) is 18.2 Å². The Morgan fingerprint density at radius 3 is 2.77 bits per heavy atom. The van der Waals surface area contributed by atoms with Gasteiger partial charge < -0.3 is 20.5 Å². The molecule has 138 valence electrons. The molecule has 3 N–H and O–H groups in total. The highest BCUT2D eigenvalue weighted by Gasteiger charge is 2.18. The Balaban J connectivity index is 1.68. The van der Waals surface area contributed by atoms with Crippen molar-refractivity contribution in [1.82, 2.24) is 0 Å². The summed E-state index contributed by atoms with van der Waals surface area (Å²) < 4.78 is 11.4. The van der Waals surface area contributed by atoms with Gasteiger partial charge in [-0.2, -0.15) is 0 Å². The van der Waals surface area contributed by atoms with E-state index in [1.807, 2.05) is 24.3 Å². The third-order valence-electron chi connectivity index (χ3n) is 4.58. The van der Waals surface area contributed by atoms with Gasteiger partial charge in [0.1, 0.15) is 11.5 Å². The van der Waals surface area contributed by atoms with Gasteiger partial charge >= 0.3 is 0 Å². The van der Waals surface area contributed by atoms with Gasteiger partial charge in [0.25, 0.3) is 0 Å². The molecule has 2 aromatic rings. The summed E-state index contributed by atoms with van der Waals surface area (Å²) in [5, 5.41) is 3.10. The summed E-state index contributed by atoms with van der Waals surface area (Å²) in [5.41, 5.74) is 9.13. The first-order chi connectivity index (χ1) is 12.6. The Hall–Kier alpha value is -2.69. The molecule has 1 aliphatic carbocycles. The van der Waals surface area contributed by atoms with Gasteiger partial charge in [-0.25, -0.2) is 4.99 Å². The van der Waals surface area contributed by atoms with Crippen molar-refractivity contribution in [2.75, 3.05) is 12.4 Å². The summed E-state index contributed by atoms with van der Waals surface area (Å²) in [6.07, 6.45) is 5.10. The molecule has 5 heteroatoms. The molecule has 0 aliphatic heterocycles. The summed E-state index contributed by atoms with van der Waals surface area (Å²) in [4.78, 5) is 4.47. The zero-order valence-corrected chi connectivity index (χ0v) is 15.5. The largest absolute Gasteiger partial charge is 0.497 e. The summed E-state index contributed by atoms with van der Waals surface area (Å²) in [5.74, 6) is 2.06. The molecule has 0 heterocycles. The average Bonchev–Trinajstić information content (AvgIpc) is 3.14. The number of guanidine groups is 1. The zero-order valence-electron chi connectivity index (χ0n) is 15.5. The van der Waals surface area contributed by atoms with E-state index in [2.05, 4.69) is 35.4 Å². The molecule has 1 aliphatic rings. The van der Waals surface area contributed by atoms with E-state index in [0.717, 1.165) is 35.6 Å². The van der Waals surface area contributed by atoms with Crippen molar-refractivity contribution < 1.29 is 9.47 Å². The first-order valence-corrected chi connectivity index (χ1v) is 9.11. The fourth-order valence-electron chi connectivity index (χ4n) is 3.15. The normalized spacial score (nSPS) is 15.1. The predicted octanol–water partition coefficient (Wildman–Crippen LogP) is 4.25. The molecule has 0 spiro atoms. The maximum atomic E-state index is 6.22. The van der Waals surface area contributed by atoms with Crippen molar-refractivity contribution >= 4 is 11.6 Å². The number of aryl methyl sites for hydroxylation is 1. The second-order valence-electron chi connectivity index (χ2n) is 6.69. The van der Waals surface area contributed by atoms with E-state index in [1.165, 1.54) is 18.4 Å². The van der Waals surface area contributed by atoms with Crippen molar-refractivity contribution in [3.63, 3.8) is 0 Å². The van der Waals surface area contributed by atoms with Crippen molar-refractivity contribution in [2.45, 2.75) is 45.3 Å². The highest BCUT2D eigenvalue weighted by molar-refractivity contribution is 5.92. The average molecular weight is 353 g/mol. The van der Waals surface area contributed by atoms with E-state index in [-0.39, 0.29) is 0 Å². The first-order valence-electron chi connectivity index (χ1n) is 9.11. The minimum absolute atomic E-state index is 0.326. The van der Waals surface area contributed by atoms with E-state index in [0.29, 0.717) is 18.6 Å². The van der Waals surface area contributed by atoms with Gasteiger partial charge in [-0.05, 0) is 56.4 Å². The maximum absolute atomic E-state index is 6.22. The number of ether oxygens (including phenoxy) is 2. The standard InChI is InChI=1S/C21H27N3O2/c1-15-10-11-16(20(12-15)26-18-7-3-4-8-18)14-23-21(22)24-17-6-5-9-19(13-17)25-2/h5-6,9-13,18H,3-4,7-8,14H2,1-2H3,(H3,22,23,24). The number of nitrogens with one attached hydrogen (secondary N) is 1. The van der Waals surface area contributed by atoms with Crippen molar-refractivity contribution in [3.8, 4) is 11.5 Å². The van der Waals surface area contributed by atoms with Gasteiger partial charge in [0.2, 0.25) is 0 Å². The molecule has 2 aromatic carbocycles. The number of methoxy groups -OCH3 is 1. The lowest BCUT2D eigenvalue weighted by Crippen LogP contribution is -2.22. The van der Waals surface area contributed by atoms with Crippen LogP contribution in [0.15, 0.2) is 47.5 Å². The number of hydrogen-bond donors (Lipinski definition) is 2. The Labute approximate surface area is 155 Å². The van der Waals surface area contributed by atoms with Crippen LogP contribution in [0.3, 0.4) is 0 Å². The van der Waals surface area contributed by atoms with Gasteiger partial charge in [0.15, 0.2) is 5.96 Å². The van der Waals surface area contributed by atoms with Crippen LogP contribution in [0.4, 0.5) is 5.69 Å². The number of anilines is 1. The van der Waals surface area contributed by atoms with Crippen molar-refractivity contribution in [2.24, 2.45) is 10.7 Å². The van der Waals surface area contributed by atoms with E-state index in [9.17, 15) is 0 Å². The van der Waals surface area contributed by atoms with Gasteiger partial charge in [0, 0.05) is 17.3 Å². The number of rotatable bonds is 6. The Morgan fingerprint density at radius 2 is 2.00 bits per heavy atom. The molecule has 0 unspecified atom stereocenters. The Bertz CT molecular complexity index is 768. The molecule has 0 bridgehead atoms. The molecular formula is C21H27N3O2. The van der Waals surface area contributed by atoms with Crippen LogP contribution in [0.1, 0.15) is 36.8 Å². The second kappa shape index (κ2) is 8.61. The smallest absolute Gasteiger partial charge is 0.193 e. The van der Waals surface area contributed by atoms with Crippen LogP contribution in [0.25, 0.3) is 0 Å². The number of aliphatic imine (C=N–C) groups is 1. The van der Waals surface area contributed by atoms with E-state index >= 15 is 0 Å². The van der Waals surface area contributed by atoms with Crippen LogP contribution in [0, 0.1) is 6.92 Å². The lowest BCUT2D eigenvalue weighted by Gasteiger charge is -2.16. The van der Waals surface area contributed by atoms with Crippen LogP contribution in [-0.4, -0.2) is 19.2 Å². The highest BCUT2D eigenvalue weighted by atomic mass is 16.5. The summed E-state index contributed by atoms with van der Waals surface area (Å²) in [7, 11) is 1.64. The fraction of sp³-hybridized carbons (Fsp3) is 0.381. The van der Waals surface area contributed by atoms with Crippen LogP contribution in [0.5, 0.6) is 11.5 Å². The molecule has 0 aromatic heterocycles. The SMILES string of the molecule is COc1cccc(NC(N)=NCc2ccc(C)cc2OC2CCCC2)c1. The lowest BCUT2D eigenvalue weighted by molar-refractivity contribution is 0.208. The minimum Gasteiger partial charge on any atom is -0.497 e. The lowest BCUT2D eigenvalue weighted by atomic mass is 10.1. The molecule has 0 radical (unpaired) electrons. The highest BCUT2D eigenvalue weighted by Crippen LogP contribution is 2.28. The summed E-state index contributed by atoms with van der Waals surface area (Å²) >= 11 is 0. The summed E-state index contributed by atoms with van der Waals surface area (Å²) in [6, 6.07) is 13.8. The number of nitrogens with two attached hydrogens (primary N) is 1. The van der Waals surface area contributed by atoms with Crippen molar-refractivity contribution in [1.29, 1.82) is 0 Å². The molecule has 3 rings (SSSR count). The molecule has 0 saturated heterocycles. The second-order valence-corrected chi connectivity index (χ2v) is 6.69. The molecule has 5 nitrogen and oxygen atoms in total. The predicted molar refractivity (Wildman–Crippen MR) is 106 cm³/mol. The zero-order chi connectivity index (χ0) is 18.4. The van der Waals surface area contributed by atoms with E-state index in [1.54, 1.807) is 7.11 Å². The first kappa shape index (κ1) is 18.1. The van der Waals surface area contributed by atoms with Crippen LogP contribution in [0.2, 0.25) is 0 Å². The van der Waals surface area contributed by atoms with Crippen molar-refractivity contribution in [3.05, 3.63) is 53.6 Å². The molecule has 1 saturated carbocycles. The van der Waals surface area contributed by atoms with Gasteiger partial charge in [-0.15, -0.1) is 0 Å². The monoisotopic (exact) mass is 353 g/mol. The third kappa shape index (κ3) is 4.91. The molecule has 0 atom stereocenters. The number of nitrogens with zero attached hydrogens (tertiary/aromatic N) is 1. The Kier molecular flexibility index (Phi) is 6.00. The fourth-order valence-corrected chi connectivity index (χ4v) is 3.15. The van der Waals surface area contributed by atoms with Crippen LogP contribution >= 0.6 is 0 Å². The van der Waals surface area contributed by atoms with Crippen LogP contribution in [-0.2, 0) is 6.54 Å². The third-order valence-corrected chi connectivity index (χ3v) is 4.58. The summed E-state index contributed by atoms with van der Waals surface area (Å²) in [6.45, 7) is 2.55. The molecule has 0 amide bonds. The molecule has 26 heavy (non-hydrogen) atoms. The van der Waals surface area contributed by atoms with Crippen LogP contribution < -0.4 is 20.5 Å². The maximum Gasteiger partial charge on any atom is 0.193 e.